The standard InChI is InChI=1S/C17H19BrN4O3/c1-11-20-16(22-25-11)17(7-2-3-8-17)21-14(23)10-19-15(24)12-5-4-6-13(18)9-12/h4-6,9H,2-3,7-8,10H2,1H3,(H,19,24)(H,21,23). The minimum absolute atomic E-state index is 0.107. The highest BCUT2D eigenvalue weighted by Gasteiger charge is 2.41. The fourth-order valence-corrected chi connectivity index (χ4v) is 3.48. The molecule has 1 aromatic carbocycles. The number of carbonyl (C=O) groups excluding carboxylic acids is 2. The van der Waals surface area contributed by atoms with Crippen LogP contribution in [0.25, 0.3) is 0 Å². The van der Waals surface area contributed by atoms with E-state index < -0.39 is 5.54 Å². The number of nitrogens with zero attached hydrogens (tertiary/aromatic N) is 2. The van der Waals surface area contributed by atoms with Crippen molar-refractivity contribution >= 4 is 27.7 Å². The van der Waals surface area contributed by atoms with Gasteiger partial charge in [-0.1, -0.05) is 40.0 Å². The molecule has 0 radical (unpaired) electrons. The summed E-state index contributed by atoms with van der Waals surface area (Å²) in [7, 11) is 0. The van der Waals surface area contributed by atoms with Crippen molar-refractivity contribution in [1.29, 1.82) is 0 Å². The quantitative estimate of drug-likeness (QED) is 0.794. The van der Waals surface area contributed by atoms with Crippen LogP contribution in [0.5, 0.6) is 0 Å². The third kappa shape index (κ3) is 4.07. The minimum Gasteiger partial charge on any atom is -0.343 e. The average molecular weight is 407 g/mol. The average Bonchev–Trinajstić information content (AvgIpc) is 3.22. The third-order valence-electron chi connectivity index (χ3n) is 4.29. The van der Waals surface area contributed by atoms with Crippen molar-refractivity contribution in [2.45, 2.75) is 38.1 Å². The number of hydrogen-bond acceptors (Lipinski definition) is 5. The Morgan fingerprint density at radius 2 is 2.08 bits per heavy atom. The summed E-state index contributed by atoms with van der Waals surface area (Å²) in [6, 6.07) is 7.00. The van der Waals surface area contributed by atoms with Gasteiger partial charge in [0.15, 0.2) is 5.82 Å². The first-order valence-corrected chi connectivity index (χ1v) is 8.93. The smallest absolute Gasteiger partial charge is 0.251 e. The van der Waals surface area contributed by atoms with Crippen LogP contribution in [-0.4, -0.2) is 28.5 Å². The number of rotatable bonds is 5. The molecule has 2 aromatic rings. The first kappa shape index (κ1) is 17.6. The lowest BCUT2D eigenvalue weighted by atomic mass is 9.96. The van der Waals surface area contributed by atoms with Gasteiger partial charge in [-0.25, -0.2) is 0 Å². The van der Waals surface area contributed by atoms with Gasteiger partial charge in [-0.05, 0) is 31.0 Å². The number of carbonyl (C=O) groups is 2. The Bertz CT molecular complexity index is 784. The molecule has 25 heavy (non-hydrogen) atoms. The van der Waals surface area contributed by atoms with E-state index in [4.69, 9.17) is 4.52 Å². The zero-order valence-electron chi connectivity index (χ0n) is 13.8. The van der Waals surface area contributed by atoms with Gasteiger partial charge in [0.1, 0.15) is 5.54 Å². The highest BCUT2D eigenvalue weighted by atomic mass is 79.9. The van der Waals surface area contributed by atoms with Gasteiger partial charge in [-0.3, -0.25) is 9.59 Å². The predicted molar refractivity (Wildman–Crippen MR) is 93.8 cm³/mol. The van der Waals surface area contributed by atoms with E-state index in [1.165, 1.54) is 0 Å². The lowest BCUT2D eigenvalue weighted by molar-refractivity contribution is -0.122. The van der Waals surface area contributed by atoms with Gasteiger partial charge in [-0.15, -0.1) is 0 Å². The second-order valence-corrected chi connectivity index (χ2v) is 7.08. The van der Waals surface area contributed by atoms with Crippen LogP contribution in [0.3, 0.4) is 0 Å². The van der Waals surface area contributed by atoms with Gasteiger partial charge in [0, 0.05) is 17.0 Å². The maximum atomic E-state index is 12.4. The molecule has 0 saturated heterocycles. The van der Waals surface area contributed by atoms with Crippen molar-refractivity contribution < 1.29 is 14.1 Å². The lowest BCUT2D eigenvalue weighted by Crippen LogP contribution is -2.48. The second-order valence-electron chi connectivity index (χ2n) is 6.17. The van der Waals surface area contributed by atoms with Gasteiger partial charge in [0.25, 0.3) is 5.91 Å². The van der Waals surface area contributed by atoms with Gasteiger partial charge in [-0.2, -0.15) is 4.98 Å². The minimum atomic E-state index is -0.602. The number of aryl methyl sites for hydroxylation is 1. The number of nitrogens with one attached hydrogen (secondary N) is 2. The largest absolute Gasteiger partial charge is 0.343 e. The summed E-state index contributed by atoms with van der Waals surface area (Å²) in [5.41, 5.74) is -0.110. The van der Waals surface area contributed by atoms with Gasteiger partial charge in [0.05, 0.1) is 6.54 Å². The van der Waals surface area contributed by atoms with Crippen LogP contribution in [0, 0.1) is 6.92 Å². The Kier molecular flexibility index (Phi) is 5.17. The summed E-state index contributed by atoms with van der Waals surface area (Å²) in [4.78, 5) is 28.8. The molecule has 2 amide bonds. The Labute approximate surface area is 153 Å². The summed E-state index contributed by atoms with van der Waals surface area (Å²) in [5.74, 6) is 0.410. The van der Waals surface area contributed by atoms with Gasteiger partial charge < -0.3 is 15.2 Å². The highest BCUT2D eigenvalue weighted by Crippen LogP contribution is 2.37. The summed E-state index contributed by atoms with van der Waals surface area (Å²) >= 11 is 3.32. The molecule has 8 heteroatoms. The van der Waals surface area contributed by atoms with Crippen LogP contribution in [0.1, 0.15) is 47.8 Å². The van der Waals surface area contributed by atoms with E-state index in [1.54, 1.807) is 25.1 Å². The maximum absolute atomic E-state index is 12.4. The summed E-state index contributed by atoms with van der Waals surface area (Å²) < 4.78 is 5.87. The van der Waals surface area contributed by atoms with E-state index in [1.807, 2.05) is 6.07 Å². The SMILES string of the molecule is Cc1nc(C2(NC(=O)CNC(=O)c3cccc(Br)c3)CCCC2)no1. The zero-order valence-corrected chi connectivity index (χ0v) is 15.4. The Hall–Kier alpha value is -2.22. The first-order valence-electron chi connectivity index (χ1n) is 8.14. The van der Waals surface area contributed by atoms with E-state index in [2.05, 4.69) is 36.7 Å². The van der Waals surface area contributed by atoms with E-state index in [-0.39, 0.29) is 18.4 Å². The van der Waals surface area contributed by atoms with E-state index in [0.717, 1.165) is 30.2 Å². The number of amides is 2. The van der Waals surface area contributed by atoms with Crippen molar-refractivity contribution in [2.75, 3.05) is 6.54 Å². The molecular weight excluding hydrogens is 388 g/mol. The number of benzene rings is 1. The van der Waals surface area contributed by atoms with Gasteiger partial charge >= 0.3 is 0 Å². The molecule has 3 rings (SSSR count). The zero-order chi connectivity index (χ0) is 17.9. The molecule has 1 fully saturated rings. The molecule has 2 N–H and O–H groups in total. The normalized spacial score (nSPS) is 15.8. The predicted octanol–water partition coefficient (Wildman–Crippen LogP) is 2.46. The van der Waals surface area contributed by atoms with Crippen LogP contribution < -0.4 is 10.6 Å². The molecule has 1 aliphatic rings. The monoisotopic (exact) mass is 406 g/mol. The van der Waals surface area contributed by atoms with Crippen molar-refractivity contribution in [3.05, 3.63) is 46.0 Å². The Balaban J connectivity index is 1.62. The van der Waals surface area contributed by atoms with Gasteiger partial charge in [0.2, 0.25) is 11.8 Å². The summed E-state index contributed by atoms with van der Waals surface area (Å²) in [6.07, 6.45) is 3.49. The molecule has 1 heterocycles. The van der Waals surface area contributed by atoms with Crippen LogP contribution >= 0.6 is 15.9 Å². The van der Waals surface area contributed by atoms with Crippen molar-refractivity contribution in [3.8, 4) is 0 Å². The molecule has 0 spiro atoms. The van der Waals surface area contributed by atoms with Crippen molar-refractivity contribution in [2.24, 2.45) is 0 Å². The Morgan fingerprint density at radius 1 is 1.32 bits per heavy atom. The molecule has 132 valence electrons. The summed E-state index contributed by atoms with van der Waals surface area (Å²) in [5, 5.41) is 9.61. The molecule has 0 unspecified atom stereocenters. The van der Waals surface area contributed by atoms with E-state index in [0.29, 0.717) is 17.3 Å². The molecule has 0 aliphatic heterocycles. The Morgan fingerprint density at radius 3 is 2.72 bits per heavy atom. The van der Waals surface area contributed by atoms with Crippen LogP contribution in [0.15, 0.2) is 33.3 Å². The third-order valence-corrected chi connectivity index (χ3v) is 4.78. The van der Waals surface area contributed by atoms with Crippen LogP contribution in [0.2, 0.25) is 0 Å². The molecule has 0 atom stereocenters. The molecule has 0 bridgehead atoms. The number of aromatic nitrogens is 2. The maximum Gasteiger partial charge on any atom is 0.251 e. The first-order chi connectivity index (χ1) is 12.0. The van der Waals surface area contributed by atoms with Crippen LogP contribution in [0.4, 0.5) is 0 Å². The molecular formula is C17H19BrN4O3. The topological polar surface area (TPSA) is 97.1 Å². The molecule has 1 aliphatic carbocycles. The number of hydrogen-bond donors (Lipinski definition) is 2. The lowest BCUT2D eigenvalue weighted by Gasteiger charge is -2.26. The van der Waals surface area contributed by atoms with E-state index >= 15 is 0 Å². The fraction of sp³-hybridized carbons (Fsp3) is 0.412. The second kappa shape index (κ2) is 7.35. The molecule has 1 aromatic heterocycles. The fourth-order valence-electron chi connectivity index (χ4n) is 3.08. The number of halogens is 1. The van der Waals surface area contributed by atoms with Crippen LogP contribution in [-0.2, 0) is 10.3 Å². The van der Waals surface area contributed by atoms with E-state index in [9.17, 15) is 9.59 Å². The molecule has 7 nitrogen and oxygen atoms in total. The highest BCUT2D eigenvalue weighted by molar-refractivity contribution is 9.10. The van der Waals surface area contributed by atoms with Crippen molar-refractivity contribution in [1.82, 2.24) is 20.8 Å². The van der Waals surface area contributed by atoms with Crippen molar-refractivity contribution in [3.63, 3.8) is 0 Å². The summed E-state index contributed by atoms with van der Waals surface area (Å²) in [6.45, 7) is 1.61. The molecule has 1 saturated carbocycles.